The van der Waals surface area contributed by atoms with Crippen LogP contribution in [0.15, 0.2) is 0 Å². The van der Waals surface area contributed by atoms with E-state index in [0.717, 1.165) is 6.42 Å². The summed E-state index contributed by atoms with van der Waals surface area (Å²) < 4.78 is 5.27. The average Bonchev–Trinajstić information content (AvgIpc) is 2.64. The SMILES string of the molecule is CC(C)N1CCCC(NCC2(O)CCOC2)CC1. The van der Waals surface area contributed by atoms with Crippen molar-refractivity contribution in [2.75, 3.05) is 32.8 Å². The van der Waals surface area contributed by atoms with Gasteiger partial charge in [-0.3, -0.25) is 0 Å². The smallest absolute Gasteiger partial charge is 0.102 e. The molecule has 0 spiro atoms. The number of likely N-dealkylation sites (tertiary alicyclic amines) is 1. The van der Waals surface area contributed by atoms with Gasteiger partial charge in [-0.05, 0) is 46.2 Å². The van der Waals surface area contributed by atoms with Crippen LogP contribution in [0.1, 0.15) is 39.5 Å². The van der Waals surface area contributed by atoms with Gasteiger partial charge in [-0.2, -0.15) is 0 Å². The topological polar surface area (TPSA) is 44.7 Å². The number of aliphatic hydroxyl groups is 1. The van der Waals surface area contributed by atoms with Gasteiger partial charge in [0.25, 0.3) is 0 Å². The summed E-state index contributed by atoms with van der Waals surface area (Å²) in [5, 5.41) is 13.8. The van der Waals surface area contributed by atoms with Crippen LogP contribution in [0.4, 0.5) is 0 Å². The van der Waals surface area contributed by atoms with Crippen molar-refractivity contribution < 1.29 is 9.84 Å². The summed E-state index contributed by atoms with van der Waals surface area (Å²) in [6, 6.07) is 1.20. The minimum Gasteiger partial charge on any atom is -0.386 e. The van der Waals surface area contributed by atoms with Gasteiger partial charge in [-0.1, -0.05) is 0 Å². The van der Waals surface area contributed by atoms with Crippen LogP contribution >= 0.6 is 0 Å². The van der Waals surface area contributed by atoms with Crippen LogP contribution in [-0.4, -0.2) is 60.5 Å². The van der Waals surface area contributed by atoms with Gasteiger partial charge in [0.05, 0.1) is 6.61 Å². The lowest BCUT2D eigenvalue weighted by Crippen LogP contribution is -2.45. The van der Waals surface area contributed by atoms with E-state index in [1.807, 2.05) is 0 Å². The summed E-state index contributed by atoms with van der Waals surface area (Å²) in [4.78, 5) is 2.55. The van der Waals surface area contributed by atoms with Crippen LogP contribution in [-0.2, 0) is 4.74 Å². The molecule has 2 fully saturated rings. The molecule has 2 N–H and O–H groups in total. The normalized spacial score (nSPS) is 35.0. The summed E-state index contributed by atoms with van der Waals surface area (Å²) in [7, 11) is 0. The highest BCUT2D eigenvalue weighted by Crippen LogP contribution is 2.19. The van der Waals surface area contributed by atoms with Crippen molar-refractivity contribution >= 4 is 0 Å². The van der Waals surface area contributed by atoms with Crippen LogP contribution in [0.2, 0.25) is 0 Å². The van der Waals surface area contributed by atoms with Crippen LogP contribution in [0.25, 0.3) is 0 Å². The first-order valence-electron chi connectivity index (χ1n) is 7.37. The van der Waals surface area contributed by atoms with E-state index in [1.165, 1.54) is 32.4 Å². The van der Waals surface area contributed by atoms with Gasteiger partial charge in [0.2, 0.25) is 0 Å². The molecule has 0 saturated carbocycles. The lowest BCUT2D eigenvalue weighted by molar-refractivity contribution is 0.0244. The summed E-state index contributed by atoms with van der Waals surface area (Å²) in [6.07, 6.45) is 4.44. The van der Waals surface area contributed by atoms with Crippen molar-refractivity contribution in [2.24, 2.45) is 0 Å². The Morgan fingerprint density at radius 3 is 2.89 bits per heavy atom. The molecule has 2 heterocycles. The molecule has 0 amide bonds. The number of hydrogen-bond acceptors (Lipinski definition) is 4. The molecule has 0 aromatic heterocycles. The molecular formula is C14H28N2O2. The third-order valence-corrected chi connectivity index (χ3v) is 4.30. The summed E-state index contributed by atoms with van der Waals surface area (Å²) in [6.45, 7) is 8.79. The predicted octanol–water partition coefficient (Wildman–Crippen LogP) is 0.990. The van der Waals surface area contributed by atoms with Gasteiger partial charge in [0, 0.05) is 31.7 Å². The lowest BCUT2D eigenvalue weighted by Gasteiger charge is -2.26. The van der Waals surface area contributed by atoms with Gasteiger partial charge in [-0.25, -0.2) is 0 Å². The molecule has 0 aromatic rings. The summed E-state index contributed by atoms with van der Waals surface area (Å²) in [5.41, 5.74) is -0.621. The Labute approximate surface area is 111 Å². The Morgan fingerprint density at radius 2 is 2.22 bits per heavy atom. The standard InChI is InChI=1S/C14H28N2O2/c1-12(2)16-7-3-4-13(5-8-16)15-10-14(17)6-9-18-11-14/h12-13,15,17H,3-11H2,1-2H3. The average molecular weight is 256 g/mol. The van der Waals surface area contributed by atoms with Crippen LogP contribution < -0.4 is 5.32 Å². The highest BCUT2D eigenvalue weighted by Gasteiger charge is 2.32. The van der Waals surface area contributed by atoms with E-state index in [4.69, 9.17) is 4.74 Å². The van der Waals surface area contributed by atoms with Crippen molar-refractivity contribution in [3.8, 4) is 0 Å². The molecule has 4 nitrogen and oxygen atoms in total. The van der Waals surface area contributed by atoms with Gasteiger partial charge in [0.1, 0.15) is 5.60 Å². The Balaban J connectivity index is 1.73. The molecule has 0 bridgehead atoms. The fourth-order valence-electron chi connectivity index (χ4n) is 2.91. The first-order chi connectivity index (χ1) is 8.59. The maximum absolute atomic E-state index is 10.2. The molecule has 2 aliphatic rings. The molecule has 2 saturated heterocycles. The van der Waals surface area contributed by atoms with Crippen molar-refractivity contribution in [1.82, 2.24) is 10.2 Å². The zero-order valence-corrected chi connectivity index (χ0v) is 11.8. The van der Waals surface area contributed by atoms with Crippen molar-refractivity contribution in [1.29, 1.82) is 0 Å². The number of nitrogens with one attached hydrogen (secondary N) is 1. The molecule has 4 heteroatoms. The second-order valence-electron chi connectivity index (χ2n) is 6.17. The molecule has 0 radical (unpaired) electrons. The Morgan fingerprint density at radius 1 is 1.39 bits per heavy atom. The van der Waals surface area contributed by atoms with Crippen LogP contribution in [0.5, 0.6) is 0 Å². The molecule has 0 aliphatic carbocycles. The fourth-order valence-corrected chi connectivity index (χ4v) is 2.91. The van der Waals surface area contributed by atoms with Crippen molar-refractivity contribution in [2.45, 2.75) is 57.2 Å². The van der Waals surface area contributed by atoms with E-state index in [1.54, 1.807) is 0 Å². The Kier molecular flexibility index (Phi) is 5.01. The van der Waals surface area contributed by atoms with Gasteiger partial charge in [-0.15, -0.1) is 0 Å². The minimum absolute atomic E-state index is 0.491. The van der Waals surface area contributed by atoms with Crippen molar-refractivity contribution in [3.63, 3.8) is 0 Å². The molecule has 2 unspecified atom stereocenters. The second-order valence-corrected chi connectivity index (χ2v) is 6.17. The Hall–Kier alpha value is -0.160. The molecule has 2 rings (SSSR count). The summed E-state index contributed by atoms with van der Waals surface area (Å²) >= 11 is 0. The van der Waals surface area contributed by atoms with E-state index >= 15 is 0 Å². The quantitative estimate of drug-likeness (QED) is 0.787. The first kappa shape index (κ1) is 14.3. The van der Waals surface area contributed by atoms with E-state index < -0.39 is 5.60 Å². The fraction of sp³-hybridized carbons (Fsp3) is 1.00. The second kappa shape index (κ2) is 6.33. The van der Waals surface area contributed by atoms with E-state index in [0.29, 0.717) is 31.8 Å². The molecule has 2 atom stereocenters. The van der Waals surface area contributed by atoms with Gasteiger partial charge in [0.15, 0.2) is 0 Å². The third kappa shape index (κ3) is 3.92. The van der Waals surface area contributed by atoms with Crippen LogP contribution in [0, 0.1) is 0 Å². The number of rotatable bonds is 4. The summed E-state index contributed by atoms with van der Waals surface area (Å²) in [5.74, 6) is 0. The van der Waals surface area contributed by atoms with E-state index in [-0.39, 0.29) is 0 Å². The first-order valence-corrected chi connectivity index (χ1v) is 7.37. The van der Waals surface area contributed by atoms with Crippen LogP contribution in [0.3, 0.4) is 0 Å². The molecule has 18 heavy (non-hydrogen) atoms. The molecular weight excluding hydrogens is 228 g/mol. The molecule has 2 aliphatic heterocycles. The van der Waals surface area contributed by atoms with Crippen molar-refractivity contribution in [3.05, 3.63) is 0 Å². The van der Waals surface area contributed by atoms with Gasteiger partial charge < -0.3 is 20.1 Å². The predicted molar refractivity (Wildman–Crippen MR) is 72.7 cm³/mol. The Bertz CT molecular complexity index is 252. The monoisotopic (exact) mass is 256 g/mol. The zero-order valence-electron chi connectivity index (χ0n) is 11.8. The largest absolute Gasteiger partial charge is 0.386 e. The lowest BCUT2D eigenvalue weighted by atomic mass is 10.0. The highest BCUT2D eigenvalue weighted by atomic mass is 16.5. The highest BCUT2D eigenvalue weighted by molar-refractivity contribution is 4.87. The third-order valence-electron chi connectivity index (χ3n) is 4.30. The molecule has 106 valence electrons. The minimum atomic E-state index is -0.621. The number of ether oxygens (including phenoxy) is 1. The number of nitrogens with zero attached hydrogens (tertiary/aromatic N) is 1. The maximum Gasteiger partial charge on any atom is 0.102 e. The number of hydrogen-bond donors (Lipinski definition) is 2. The van der Waals surface area contributed by atoms with E-state index in [2.05, 4.69) is 24.1 Å². The van der Waals surface area contributed by atoms with Gasteiger partial charge >= 0.3 is 0 Å². The molecule has 0 aromatic carbocycles. The van der Waals surface area contributed by atoms with E-state index in [9.17, 15) is 5.11 Å². The zero-order chi connectivity index (χ0) is 13.0. The maximum atomic E-state index is 10.2.